The third kappa shape index (κ3) is 4.07. The third-order valence-corrected chi connectivity index (χ3v) is 5.88. The lowest BCUT2D eigenvalue weighted by Gasteiger charge is -2.39. The lowest BCUT2D eigenvalue weighted by atomic mass is 9.80. The summed E-state index contributed by atoms with van der Waals surface area (Å²) in [6.07, 6.45) is 3.56. The zero-order valence-electron chi connectivity index (χ0n) is 12.0. The molecule has 0 bridgehead atoms. The fourth-order valence-corrected chi connectivity index (χ4v) is 4.76. The molecule has 2 atom stereocenters. The van der Waals surface area contributed by atoms with Crippen molar-refractivity contribution in [3.8, 4) is 0 Å². The minimum atomic E-state index is -0.588. The molecule has 3 nitrogen and oxygen atoms in total. The van der Waals surface area contributed by atoms with Crippen molar-refractivity contribution in [3.05, 3.63) is 28.2 Å². The van der Waals surface area contributed by atoms with Crippen molar-refractivity contribution in [2.24, 2.45) is 5.73 Å². The fourth-order valence-electron chi connectivity index (χ4n) is 2.88. The van der Waals surface area contributed by atoms with Crippen molar-refractivity contribution >= 4 is 40.9 Å². The zero-order valence-corrected chi connectivity index (χ0v) is 14.3. The molecular weight excluding hydrogens is 327 g/mol. The molecule has 0 spiro atoms. The van der Waals surface area contributed by atoms with E-state index in [-0.39, 0.29) is 5.91 Å². The molecule has 2 rings (SSSR count). The first-order chi connectivity index (χ1) is 9.97. The maximum absolute atomic E-state index is 11.9. The molecule has 1 saturated carbocycles. The van der Waals surface area contributed by atoms with Crippen LogP contribution in [-0.4, -0.2) is 23.2 Å². The Balaban J connectivity index is 2.13. The van der Waals surface area contributed by atoms with Crippen LogP contribution in [0.3, 0.4) is 0 Å². The van der Waals surface area contributed by atoms with Crippen LogP contribution in [0.25, 0.3) is 0 Å². The molecule has 0 saturated heterocycles. The number of primary amides is 1. The summed E-state index contributed by atoms with van der Waals surface area (Å²) >= 11 is 13.9. The summed E-state index contributed by atoms with van der Waals surface area (Å²) in [5.41, 5.74) is 5.05. The van der Waals surface area contributed by atoms with E-state index < -0.39 is 5.54 Å². The predicted octanol–water partition coefficient (Wildman–Crippen LogP) is 3.86. The fraction of sp³-hybridized carbons (Fsp3) is 0.533. The molecule has 2 unspecified atom stereocenters. The molecule has 21 heavy (non-hydrogen) atoms. The molecule has 1 aliphatic carbocycles. The summed E-state index contributed by atoms with van der Waals surface area (Å²) in [7, 11) is 0. The van der Waals surface area contributed by atoms with Crippen molar-refractivity contribution < 1.29 is 4.79 Å². The van der Waals surface area contributed by atoms with Crippen LogP contribution >= 0.6 is 35.0 Å². The van der Waals surface area contributed by atoms with E-state index in [9.17, 15) is 4.79 Å². The maximum Gasteiger partial charge on any atom is 0.237 e. The normalized spacial score (nSPS) is 25.8. The van der Waals surface area contributed by atoms with Crippen LogP contribution in [0.1, 0.15) is 32.6 Å². The van der Waals surface area contributed by atoms with Crippen molar-refractivity contribution in [2.75, 3.05) is 6.54 Å². The summed E-state index contributed by atoms with van der Waals surface area (Å²) in [5.74, 6) is -0.258. The zero-order chi connectivity index (χ0) is 15.5. The number of carbonyl (C=O) groups excluding carboxylic acids is 1. The van der Waals surface area contributed by atoms with Gasteiger partial charge in [-0.15, -0.1) is 11.8 Å². The van der Waals surface area contributed by atoms with Crippen LogP contribution in [0.15, 0.2) is 23.1 Å². The van der Waals surface area contributed by atoms with Gasteiger partial charge in [0.2, 0.25) is 5.91 Å². The molecule has 1 aromatic carbocycles. The van der Waals surface area contributed by atoms with Crippen LogP contribution in [0.4, 0.5) is 0 Å². The topological polar surface area (TPSA) is 55.1 Å². The summed E-state index contributed by atoms with van der Waals surface area (Å²) in [6, 6.07) is 5.46. The van der Waals surface area contributed by atoms with Gasteiger partial charge in [0.15, 0.2) is 0 Å². The van der Waals surface area contributed by atoms with Crippen LogP contribution < -0.4 is 11.1 Å². The Labute approximate surface area is 139 Å². The number of carbonyl (C=O) groups is 1. The number of likely N-dealkylation sites (N-methyl/N-ethyl adjacent to an activating group) is 1. The molecular formula is C15H20Cl2N2OS. The van der Waals surface area contributed by atoms with Gasteiger partial charge in [-0.05, 0) is 50.4 Å². The number of nitrogens with two attached hydrogens (primary N) is 1. The number of halogens is 2. The number of amides is 1. The van der Waals surface area contributed by atoms with Crippen LogP contribution in [0.2, 0.25) is 10.0 Å². The quantitative estimate of drug-likeness (QED) is 0.850. The molecule has 1 aromatic rings. The number of rotatable bonds is 5. The van der Waals surface area contributed by atoms with Crippen molar-refractivity contribution in [2.45, 2.75) is 48.3 Å². The van der Waals surface area contributed by atoms with Crippen molar-refractivity contribution in [3.63, 3.8) is 0 Å². The van der Waals surface area contributed by atoms with Crippen LogP contribution in [0, 0.1) is 0 Å². The number of thioether (sulfide) groups is 1. The molecule has 1 fully saturated rings. The van der Waals surface area contributed by atoms with E-state index in [1.807, 2.05) is 13.0 Å². The lowest BCUT2D eigenvalue weighted by molar-refractivity contribution is -0.125. The minimum absolute atomic E-state index is 0.258. The molecule has 0 aliphatic heterocycles. The van der Waals surface area contributed by atoms with Gasteiger partial charge in [-0.1, -0.05) is 30.1 Å². The SMILES string of the molecule is CCNC1(C(N)=O)CCCC(Sc2cc(Cl)ccc2Cl)C1. The van der Waals surface area contributed by atoms with Crippen molar-refractivity contribution in [1.82, 2.24) is 5.32 Å². The standard InChI is InChI=1S/C15H20Cl2N2OS/c1-2-19-15(14(18)20)7-3-4-11(9-15)21-13-8-10(16)5-6-12(13)17/h5-6,8,11,19H,2-4,7,9H2,1H3,(H2,18,20). The number of nitrogens with one attached hydrogen (secondary N) is 1. The van der Waals surface area contributed by atoms with E-state index in [0.29, 0.717) is 15.3 Å². The third-order valence-electron chi connectivity index (χ3n) is 3.88. The van der Waals surface area contributed by atoms with E-state index in [2.05, 4.69) is 5.32 Å². The largest absolute Gasteiger partial charge is 0.368 e. The van der Waals surface area contributed by atoms with Crippen LogP contribution in [0.5, 0.6) is 0 Å². The second kappa shape index (κ2) is 7.23. The van der Waals surface area contributed by atoms with E-state index >= 15 is 0 Å². The number of benzene rings is 1. The van der Waals surface area contributed by atoms with E-state index in [0.717, 1.165) is 37.1 Å². The molecule has 116 valence electrons. The van der Waals surface area contributed by atoms with E-state index in [1.54, 1.807) is 23.9 Å². The van der Waals surface area contributed by atoms with Gasteiger partial charge in [0.1, 0.15) is 0 Å². The Morgan fingerprint density at radius 3 is 2.95 bits per heavy atom. The summed E-state index contributed by atoms with van der Waals surface area (Å²) in [4.78, 5) is 12.9. The minimum Gasteiger partial charge on any atom is -0.368 e. The van der Waals surface area contributed by atoms with Gasteiger partial charge in [0, 0.05) is 15.2 Å². The Morgan fingerprint density at radius 1 is 1.52 bits per heavy atom. The Morgan fingerprint density at radius 2 is 2.29 bits per heavy atom. The van der Waals surface area contributed by atoms with Gasteiger partial charge in [-0.3, -0.25) is 4.79 Å². The molecule has 1 aliphatic rings. The number of hydrogen-bond acceptors (Lipinski definition) is 3. The molecule has 0 radical (unpaired) electrons. The number of hydrogen-bond donors (Lipinski definition) is 2. The molecule has 0 heterocycles. The predicted molar refractivity (Wildman–Crippen MR) is 90.2 cm³/mol. The highest BCUT2D eigenvalue weighted by atomic mass is 35.5. The highest BCUT2D eigenvalue weighted by Gasteiger charge is 2.41. The Kier molecular flexibility index (Phi) is 5.83. The first kappa shape index (κ1) is 16.9. The summed E-state index contributed by atoms with van der Waals surface area (Å²) in [6.45, 7) is 2.73. The average Bonchev–Trinajstić information content (AvgIpc) is 2.43. The maximum atomic E-state index is 11.9. The second-order valence-electron chi connectivity index (χ2n) is 5.39. The molecule has 6 heteroatoms. The smallest absolute Gasteiger partial charge is 0.237 e. The Hall–Kier alpha value is -0.420. The van der Waals surface area contributed by atoms with Crippen molar-refractivity contribution in [1.29, 1.82) is 0 Å². The van der Waals surface area contributed by atoms with Gasteiger partial charge in [0.25, 0.3) is 0 Å². The highest BCUT2D eigenvalue weighted by molar-refractivity contribution is 8.00. The molecule has 3 N–H and O–H groups in total. The summed E-state index contributed by atoms with van der Waals surface area (Å²) in [5, 5.41) is 4.97. The highest BCUT2D eigenvalue weighted by Crippen LogP contribution is 2.41. The van der Waals surface area contributed by atoms with Gasteiger partial charge in [-0.25, -0.2) is 0 Å². The average molecular weight is 347 g/mol. The summed E-state index contributed by atoms with van der Waals surface area (Å²) < 4.78 is 0. The van der Waals surface area contributed by atoms with Gasteiger partial charge in [-0.2, -0.15) is 0 Å². The van der Waals surface area contributed by atoms with Gasteiger partial charge >= 0.3 is 0 Å². The van der Waals surface area contributed by atoms with Crippen LogP contribution in [-0.2, 0) is 4.79 Å². The van der Waals surface area contributed by atoms with E-state index in [1.165, 1.54) is 0 Å². The van der Waals surface area contributed by atoms with E-state index in [4.69, 9.17) is 28.9 Å². The first-order valence-electron chi connectivity index (χ1n) is 7.13. The molecule has 1 amide bonds. The first-order valence-corrected chi connectivity index (χ1v) is 8.77. The lowest BCUT2D eigenvalue weighted by Crippen LogP contribution is -2.58. The van der Waals surface area contributed by atoms with Gasteiger partial charge in [0.05, 0.1) is 10.6 Å². The Bertz CT molecular complexity index is 522. The van der Waals surface area contributed by atoms with Gasteiger partial charge < -0.3 is 11.1 Å². The molecule has 0 aromatic heterocycles. The second-order valence-corrected chi connectivity index (χ2v) is 7.57. The monoisotopic (exact) mass is 346 g/mol.